The topological polar surface area (TPSA) is 38.7 Å². The fraction of sp³-hybridized carbons (Fsp3) is 0.571. The van der Waals surface area contributed by atoms with Gasteiger partial charge < -0.3 is 14.6 Å². The van der Waals surface area contributed by atoms with Gasteiger partial charge >= 0.3 is 0 Å². The Morgan fingerprint density at radius 1 is 1.24 bits per heavy atom. The Hall–Kier alpha value is -1.06. The van der Waals surface area contributed by atoms with E-state index in [1.807, 2.05) is 31.2 Å². The van der Waals surface area contributed by atoms with Gasteiger partial charge in [-0.25, -0.2) is 0 Å². The minimum absolute atomic E-state index is 0.274. The van der Waals surface area contributed by atoms with Gasteiger partial charge in [0, 0.05) is 12.7 Å². The normalized spacial score (nSPS) is 14.4. The maximum atomic E-state index is 10.6. The van der Waals surface area contributed by atoms with Crippen LogP contribution in [0.25, 0.3) is 0 Å². The highest BCUT2D eigenvalue weighted by atomic mass is 16.5. The Bertz CT molecular complexity index is 338. The molecule has 0 fully saturated rings. The van der Waals surface area contributed by atoms with Gasteiger partial charge in [-0.1, -0.05) is 32.0 Å². The van der Waals surface area contributed by atoms with Crippen molar-refractivity contribution in [1.29, 1.82) is 0 Å². The van der Waals surface area contributed by atoms with E-state index in [4.69, 9.17) is 9.47 Å². The van der Waals surface area contributed by atoms with Gasteiger partial charge in [0.2, 0.25) is 0 Å². The van der Waals surface area contributed by atoms with Gasteiger partial charge in [0.1, 0.15) is 11.4 Å². The van der Waals surface area contributed by atoms with Crippen molar-refractivity contribution in [2.24, 2.45) is 0 Å². The number of hydrogen-bond acceptors (Lipinski definition) is 3. The molecule has 17 heavy (non-hydrogen) atoms. The molecule has 0 saturated heterocycles. The van der Waals surface area contributed by atoms with Crippen LogP contribution in [0.5, 0.6) is 5.75 Å². The number of para-hydroxylation sites is 1. The molecule has 0 aromatic heterocycles. The fourth-order valence-corrected chi connectivity index (χ4v) is 1.80. The van der Waals surface area contributed by atoms with Crippen molar-refractivity contribution >= 4 is 0 Å². The molecular formula is C14H22O3. The molecule has 1 rings (SSSR count). The average Bonchev–Trinajstić information content (AvgIpc) is 2.37. The highest BCUT2D eigenvalue weighted by Crippen LogP contribution is 2.32. The number of aliphatic hydroxyl groups is 1. The van der Waals surface area contributed by atoms with E-state index in [-0.39, 0.29) is 6.61 Å². The van der Waals surface area contributed by atoms with E-state index in [0.29, 0.717) is 13.0 Å². The van der Waals surface area contributed by atoms with Crippen LogP contribution in [0.3, 0.4) is 0 Å². The number of methoxy groups -OCH3 is 1. The number of benzene rings is 1. The Morgan fingerprint density at radius 3 is 2.53 bits per heavy atom. The van der Waals surface area contributed by atoms with Crippen molar-refractivity contribution in [2.45, 2.75) is 32.3 Å². The molecule has 1 aromatic carbocycles. The summed E-state index contributed by atoms with van der Waals surface area (Å²) in [7, 11) is 1.59. The van der Waals surface area contributed by atoms with Crippen LogP contribution < -0.4 is 4.74 Å². The number of hydrogen-bond donors (Lipinski definition) is 1. The van der Waals surface area contributed by atoms with Crippen LogP contribution >= 0.6 is 0 Å². The molecule has 0 aliphatic rings. The summed E-state index contributed by atoms with van der Waals surface area (Å²) in [5, 5.41) is 10.6. The van der Waals surface area contributed by atoms with Crippen LogP contribution in [0.15, 0.2) is 24.3 Å². The first-order valence-electron chi connectivity index (χ1n) is 6.11. The van der Waals surface area contributed by atoms with E-state index < -0.39 is 5.60 Å². The average molecular weight is 238 g/mol. The largest absolute Gasteiger partial charge is 0.493 e. The Morgan fingerprint density at radius 2 is 1.94 bits per heavy atom. The third-order valence-electron chi connectivity index (χ3n) is 2.82. The molecule has 3 heteroatoms. The van der Waals surface area contributed by atoms with E-state index >= 15 is 0 Å². The van der Waals surface area contributed by atoms with Crippen molar-refractivity contribution in [1.82, 2.24) is 0 Å². The van der Waals surface area contributed by atoms with Gasteiger partial charge in [-0.15, -0.1) is 0 Å². The summed E-state index contributed by atoms with van der Waals surface area (Å²) in [5.74, 6) is 0.746. The molecule has 0 bridgehead atoms. The molecule has 96 valence electrons. The summed E-state index contributed by atoms with van der Waals surface area (Å²) in [6.07, 6.45) is 1.54. The molecule has 1 atom stereocenters. The molecule has 0 saturated carbocycles. The maximum absolute atomic E-state index is 10.6. The van der Waals surface area contributed by atoms with Gasteiger partial charge in [-0.05, 0) is 18.9 Å². The van der Waals surface area contributed by atoms with Crippen molar-refractivity contribution in [3.63, 3.8) is 0 Å². The molecule has 0 heterocycles. The standard InChI is InChI=1S/C14H22O3/c1-4-10-17-13-9-7-6-8-12(13)14(15,5-2)11-16-3/h6-9,15H,4-5,10-11H2,1-3H3. The van der Waals surface area contributed by atoms with Gasteiger partial charge in [0.25, 0.3) is 0 Å². The van der Waals surface area contributed by atoms with Crippen LogP contribution in [0, 0.1) is 0 Å². The highest BCUT2D eigenvalue weighted by molar-refractivity contribution is 5.38. The first-order chi connectivity index (χ1) is 8.18. The molecule has 0 amide bonds. The van der Waals surface area contributed by atoms with E-state index in [2.05, 4.69) is 6.92 Å². The van der Waals surface area contributed by atoms with E-state index in [1.165, 1.54) is 0 Å². The lowest BCUT2D eigenvalue weighted by molar-refractivity contribution is -0.0403. The maximum Gasteiger partial charge on any atom is 0.125 e. The lowest BCUT2D eigenvalue weighted by Crippen LogP contribution is -2.31. The van der Waals surface area contributed by atoms with E-state index in [1.54, 1.807) is 7.11 Å². The van der Waals surface area contributed by atoms with E-state index in [9.17, 15) is 5.11 Å². The lowest BCUT2D eigenvalue weighted by Gasteiger charge is -2.28. The Labute approximate surface area is 103 Å². The fourth-order valence-electron chi connectivity index (χ4n) is 1.80. The molecular weight excluding hydrogens is 216 g/mol. The summed E-state index contributed by atoms with van der Waals surface area (Å²) in [5.41, 5.74) is -0.170. The summed E-state index contributed by atoms with van der Waals surface area (Å²) in [4.78, 5) is 0. The van der Waals surface area contributed by atoms with Gasteiger partial charge in [0.15, 0.2) is 0 Å². The van der Waals surface area contributed by atoms with Crippen molar-refractivity contribution in [3.05, 3.63) is 29.8 Å². The number of ether oxygens (including phenoxy) is 2. The molecule has 0 spiro atoms. The van der Waals surface area contributed by atoms with Crippen LogP contribution in [0.2, 0.25) is 0 Å². The van der Waals surface area contributed by atoms with Crippen molar-refractivity contribution < 1.29 is 14.6 Å². The number of rotatable bonds is 7. The minimum Gasteiger partial charge on any atom is -0.493 e. The Kier molecular flexibility index (Phi) is 5.45. The summed E-state index contributed by atoms with van der Waals surface area (Å²) in [6.45, 7) is 4.93. The first kappa shape index (κ1) is 14.0. The van der Waals surface area contributed by atoms with Gasteiger partial charge in [-0.2, -0.15) is 0 Å². The van der Waals surface area contributed by atoms with Gasteiger partial charge in [-0.3, -0.25) is 0 Å². The molecule has 3 nitrogen and oxygen atoms in total. The van der Waals surface area contributed by atoms with Crippen LogP contribution in [0.1, 0.15) is 32.3 Å². The van der Waals surface area contributed by atoms with Crippen molar-refractivity contribution in [2.75, 3.05) is 20.3 Å². The third kappa shape index (κ3) is 3.45. The summed E-state index contributed by atoms with van der Waals surface area (Å²) < 4.78 is 10.8. The lowest BCUT2D eigenvalue weighted by atomic mass is 9.91. The van der Waals surface area contributed by atoms with E-state index in [0.717, 1.165) is 17.7 Å². The Balaban J connectivity index is 3.01. The molecule has 1 N–H and O–H groups in total. The second kappa shape index (κ2) is 6.62. The zero-order valence-electron chi connectivity index (χ0n) is 10.9. The quantitative estimate of drug-likeness (QED) is 0.793. The third-order valence-corrected chi connectivity index (χ3v) is 2.82. The SMILES string of the molecule is CCCOc1ccccc1C(O)(CC)COC. The zero-order chi connectivity index (χ0) is 12.7. The van der Waals surface area contributed by atoms with Crippen LogP contribution in [-0.4, -0.2) is 25.4 Å². The minimum atomic E-state index is -0.973. The zero-order valence-corrected chi connectivity index (χ0v) is 10.9. The second-order valence-electron chi connectivity index (χ2n) is 4.16. The first-order valence-corrected chi connectivity index (χ1v) is 6.11. The second-order valence-corrected chi connectivity index (χ2v) is 4.16. The predicted molar refractivity (Wildman–Crippen MR) is 68.3 cm³/mol. The molecule has 0 aliphatic heterocycles. The molecule has 0 radical (unpaired) electrons. The smallest absolute Gasteiger partial charge is 0.125 e. The highest BCUT2D eigenvalue weighted by Gasteiger charge is 2.30. The molecule has 0 aliphatic carbocycles. The van der Waals surface area contributed by atoms with Crippen LogP contribution in [0.4, 0.5) is 0 Å². The van der Waals surface area contributed by atoms with Crippen molar-refractivity contribution in [3.8, 4) is 5.75 Å². The predicted octanol–water partition coefficient (Wildman–Crippen LogP) is 2.72. The molecule has 1 unspecified atom stereocenters. The summed E-state index contributed by atoms with van der Waals surface area (Å²) >= 11 is 0. The summed E-state index contributed by atoms with van der Waals surface area (Å²) in [6, 6.07) is 7.61. The van der Waals surface area contributed by atoms with Gasteiger partial charge in [0.05, 0.1) is 13.2 Å². The molecule has 1 aromatic rings. The van der Waals surface area contributed by atoms with Crippen LogP contribution in [-0.2, 0) is 10.3 Å². The monoisotopic (exact) mass is 238 g/mol.